The van der Waals surface area contributed by atoms with E-state index in [0.717, 1.165) is 60.4 Å². The molecule has 0 unspecified atom stereocenters. The van der Waals surface area contributed by atoms with Gasteiger partial charge in [0.1, 0.15) is 5.60 Å². The number of amides is 2. The number of nitrogens with one attached hydrogen (secondary N) is 2. The van der Waals surface area contributed by atoms with Crippen LogP contribution < -0.4 is 10.6 Å². The van der Waals surface area contributed by atoms with E-state index in [9.17, 15) is 9.59 Å². The Labute approximate surface area is 190 Å². The van der Waals surface area contributed by atoms with Crippen molar-refractivity contribution < 1.29 is 14.3 Å². The molecule has 8 heteroatoms. The Hall–Kier alpha value is -2.64. The Kier molecular flexibility index (Phi) is 7.10. The van der Waals surface area contributed by atoms with Gasteiger partial charge in [-0.15, -0.1) is 0 Å². The van der Waals surface area contributed by atoms with E-state index in [1.165, 1.54) is 0 Å². The third-order valence-electron chi connectivity index (χ3n) is 6.09. The van der Waals surface area contributed by atoms with Crippen LogP contribution in [0.5, 0.6) is 0 Å². The fourth-order valence-corrected chi connectivity index (χ4v) is 4.49. The number of carbonyl (C=O) groups excluding carboxylic acids is 2. The quantitative estimate of drug-likeness (QED) is 0.705. The summed E-state index contributed by atoms with van der Waals surface area (Å²) < 4.78 is 7.31. The molecule has 1 aliphatic carbocycles. The van der Waals surface area contributed by atoms with Crippen molar-refractivity contribution in [1.82, 2.24) is 25.2 Å². The van der Waals surface area contributed by atoms with Gasteiger partial charge in [0, 0.05) is 30.4 Å². The SMILES string of the molecule is Cc1cc2nc(C)c(CCC(=O)NCC3(NC(=O)OC(C)(C)C)CCCCC3)c(C)n2n1. The second-order valence-electron chi connectivity index (χ2n) is 10.1. The van der Waals surface area contributed by atoms with Crippen molar-refractivity contribution in [3.8, 4) is 0 Å². The maximum atomic E-state index is 12.7. The Morgan fingerprint density at radius 3 is 2.50 bits per heavy atom. The summed E-state index contributed by atoms with van der Waals surface area (Å²) in [6.07, 6.45) is 5.41. The highest BCUT2D eigenvalue weighted by Gasteiger charge is 2.35. The zero-order valence-electron chi connectivity index (χ0n) is 20.3. The van der Waals surface area contributed by atoms with Gasteiger partial charge in [0.15, 0.2) is 5.65 Å². The number of alkyl carbamates (subject to hydrolysis) is 1. The van der Waals surface area contributed by atoms with Crippen LogP contribution in [0.4, 0.5) is 4.79 Å². The number of rotatable bonds is 6. The number of carbonyl (C=O) groups is 2. The van der Waals surface area contributed by atoms with Gasteiger partial charge < -0.3 is 15.4 Å². The molecule has 2 heterocycles. The molecule has 0 atom stereocenters. The van der Waals surface area contributed by atoms with Gasteiger partial charge in [-0.1, -0.05) is 19.3 Å². The highest BCUT2D eigenvalue weighted by Crippen LogP contribution is 2.28. The first-order valence-corrected chi connectivity index (χ1v) is 11.6. The summed E-state index contributed by atoms with van der Waals surface area (Å²) in [5, 5.41) is 10.6. The zero-order valence-corrected chi connectivity index (χ0v) is 20.3. The molecule has 3 rings (SSSR count). The fraction of sp³-hybridized carbons (Fsp3) is 0.667. The van der Waals surface area contributed by atoms with E-state index >= 15 is 0 Å². The van der Waals surface area contributed by atoms with E-state index in [1.54, 1.807) is 0 Å². The van der Waals surface area contributed by atoms with Crippen LogP contribution in [0.25, 0.3) is 5.65 Å². The van der Waals surface area contributed by atoms with Crippen LogP contribution in [0, 0.1) is 20.8 Å². The highest BCUT2D eigenvalue weighted by molar-refractivity contribution is 5.76. The topological polar surface area (TPSA) is 97.6 Å². The minimum absolute atomic E-state index is 0.0310. The van der Waals surface area contributed by atoms with Crippen LogP contribution >= 0.6 is 0 Å². The van der Waals surface area contributed by atoms with Crippen LogP contribution in [0.3, 0.4) is 0 Å². The van der Waals surface area contributed by atoms with E-state index in [-0.39, 0.29) is 5.91 Å². The molecular formula is C24H37N5O3. The van der Waals surface area contributed by atoms with Crippen LogP contribution in [-0.4, -0.2) is 44.3 Å². The van der Waals surface area contributed by atoms with Crippen molar-refractivity contribution in [3.63, 3.8) is 0 Å². The van der Waals surface area contributed by atoms with Crippen molar-refractivity contribution in [2.75, 3.05) is 6.54 Å². The van der Waals surface area contributed by atoms with Crippen molar-refractivity contribution in [2.45, 2.75) is 97.6 Å². The van der Waals surface area contributed by atoms with Crippen molar-refractivity contribution in [2.24, 2.45) is 0 Å². The third-order valence-corrected chi connectivity index (χ3v) is 6.09. The molecule has 0 aromatic carbocycles. The van der Waals surface area contributed by atoms with E-state index in [1.807, 2.05) is 52.1 Å². The molecule has 1 aliphatic rings. The van der Waals surface area contributed by atoms with E-state index in [4.69, 9.17) is 4.74 Å². The number of aryl methyl sites for hydroxylation is 3. The van der Waals surface area contributed by atoms with Gasteiger partial charge in [-0.25, -0.2) is 14.3 Å². The standard InChI is InChI=1S/C24H37N5O3/c1-16-14-20-26-17(2)19(18(3)29(20)28-16)10-11-21(30)25-15-24(12-8-7-9-13-24)27-22(31)32-23(4,5)6/h14H,7-13,15H2,1-6H3,(H,25,30)(H,27,31). The first-order chi connectivity index (χ1) is 15.0. The molecule has 32 heavy (non-hydrogen) atoms. The molecule has 2 aromatic rings. The first kappa shape index (κ1) is 24.0. The molecule has 2 N–H and O–H groups in total. The van der Waals surface area contributed by atoms with Crippen LogP contribution in [0.15, 0.2) is 6.07 Å². The van der Waals surface area contributed by atoms with Crippen molar-refractivity contribution in [1.29, 1.82) is 0 Å². The average molecular weight is 444 g/mol. The van der Waals surface area contributed by atoms with E-state index in [0.29, 0.717) is 19.4 Å². The highest BCUT2D eigenvalue weighted by atomic mass is 16.6. The van der Waals surface area contributed by atoms with Crippen LogP contribution in [0.1, 0.15) is 81.9 Å². The maximum absolute atomic E-state index is 12.7. The summed E-state index contributed by atoms with van der Waals surface area (Å²) in [4.78, 5) is 29.8. The summed E-state index contributed by atoms with van der Waals surface area (Å²) in [5.41, 5.74) is 3.75. The van der Waals surface area contributed by atoms with Gasteiger partial charge in [-0.05, 0) is 66.4 Å². The Morgan fingerprint density at radius 1 is 1.16 bits per heavy atom. The summed E-state index contributed by atoms with van der Waals surface area (Å²) in [7, 11) is 0. The van der Waals surface area contributed by atoms with Crippen molar-refractivity contribution >= 4 is 17.6 Å². The van der Waals surface area contributed by atoms with Gasteiger partial charge in [0.25, 0.3) is 0 Å². The monoisotopic (exact) mass is 443 g/mol. The Bertz CT molecular complexity index is 984. The molecule has 176 valence electrons. The second kappa shape index (κ2) is 9.46. The molecule has 2 amide bonds. The molecular weight excluding hydrogens is 406 g/mol. The molecule has 0 aliphatic heterocycles. The number of hydrogen-bond acceptors (Lipinski definition) is 5. The van der Waals surface area contributed by atoms with E-state index in [2.05, 4.69) is 20.7 Å². The molecule has 0 saturated heterocycles. The van der Waals surface area contributed by atoms with E-state index < -0.39 is 17.2 Å². The molecule has 2 aromatic heterocycles. The molecule has 1 saturated carbocycles. The lowest BCUT2D eigenvalue weighted by atomic mass is 9.81. The van der Waals surface area contributed by atoms with Crippen molar-refractivity contribution in [3.05, 3.63) is 28.7 Å². The van der Waals surface area contributed by atoms with Gasteiger partial charge >= 0.3 is 6.09 Å². The van der Waals surface area contributed by atoms with Crippen LogP contribution in [-0.2, 0) is 16.0 Å². The molecule has 0 bridgehead atoms. The summed E-state index contributed by atoms with van der Waals surface area (Å²) in [6.45, 7) is 11.9. The molecule has 0 spiro atoms. The lowest BCUT2D eigenvalue weighted by molar-refractivity contribution is -0.121. The predicted octanol–water partition coefficient (Wildman–Crippen LogP) is 3.93. The summed E-state index contributed by atoms with van der Waals surface area (Å²) in [5.74, 6) is -0.0310. The fourth-order valence-electron chi connectivity index (χ4n) is 4.49. The van der Waals surface area contributed by atoms with Gasteiger partial charge in [-0.3, -0.25) is 4.79 Å². The smallest absolute Gasteiger partial charge is 0.408 e. The average Bonchev–Trinajstić information content (AvgIpc) is 3.05. The number of aromatic nitrogens is 3. The Morgan fingerprint density at radius 2 is 1.84 bits per heavy atom. The first-order valence-electron chi connectivity index (χ1n) is 11.6. The number of fused-ring (bicyclic) bond motifs is 1. The normalized spacial score (nSPS) is 16.1. The summed E-state index contributed by atoms with van der Waals surface area (Å²) in [6, 6.07) is 1.96. The lowest BCUT2D eigenvalue weighted by Gasteiger charge is -2.38. The molecule has 0 radical (unpaired) electrons. The predicted molar refractivity (Wildman–Crippen MR) is 124 cm³/mol. The minimum Gasteiger partial charge on any atom is -0.444 e. The second-order valence-corrected chi connectivity index (χ2v) is 10.1. The number of ether oxygens (including phenoxy) is 1. The largest absolute Gasteiger partial charge is 0.444 e. The van der Waals surface area contributed by atoms with Gasteiger partial charge in [0.2, 0.25) is 5.91 Å². The van der Waals surface area contributed by atoms with Gasteiger partial charge in [-0.2, -0.15) is 5.10 Å². The number of nitrogens with zero attached hydrogens (tertiary/aromatic N) is 3. The number of hydrogen-bond donors (Lipinski definition) is 2. The van der Waals surface area contributed by atoms with Crippen LogP contribution in [0.2, 0.25) is 0 Å². The third kappa shape index (κ3) is 5.99. The Balaban J connectivity index is 1.61. The minimum atomic E-state index is -0.554. The summed E-state index contributed by atoms with van der Waals surface area (Å²) >= 11 is 0. The molecule has 1 fully saturated rings. The maximum Gasteiger partial charge on any atom is 0.408 e. The van der Waals surface area contributed by atoms with Gasteiger partial charge in [0.05, 0.1) is 11.2 Å². The zero-order chi connectivity index (χ0) is 23.5. The lowest BCUT2D eigenvalue weighted by Crippen LogP contribution is -2.57. The molecule has 8 nitrogen and oxygen atoms in total.